The van der Waals surface area contributed by atoms with Crippen LogP contribution in [0.5, 0.6) is 5.75 Å². The summed E-state index contributed by atoms with van der Waals surface area (Å²) < 4.78 is 5.58. The van der Waals surface area contributed by atoms with Crippen molar-refractivity contribution in [2.24, 2.45) is 0 Å². The van der Waals surface area contributed by atoms with Gasteiger partial charge in [-0.05, 0) is 36.8 Å². The van der Waals surface area contributed by atoms with Crippen LogP contribution in [-0.4, -0.2) is 57.1 Å². The van der Waals surface area contributed by atoms with Gasteiger partial charge in [-0.1, -0.05) is 6.07 Å². The molecule has 1 fully saturated rings. The molecule has 1 heterocycles. The smallest absolute Gasteiger partial charge is 0.251 e. The minimum absolute atomic E-state index is 0.0934. The number of likely N-dealkylation sites (tertiary alicyclic amines) is 1. The van der Waals surface area contributed by atoms with Gasteiger partial charge in [-0.15, -0.1) is 0 Å². The molecule has 0 saturated carbocycles. The van der Waals surface area contributed by atoms with Crippen molar-refractivity contribution in [2.75, 3.05) is 44.5 Å². The zero-order valence-electron chi connectivity index (χ0n) is 18.1. The van der Waals surface area contributed by atoms with Crippen molar-refractivity contribution < 1.29 is 14.3 Å². The van der Waals surface area contributed by atoms with Gasteiger partial charge in [0.1, 0.15) is 5.75 Å². The van der Waals surface area contributed by atoms with Crippen LogP contribution in [0.25, 0.3) is 0 Å². The first kappa shape index (κ1) is 21.6. The highest BCUT2D eigenvalue weighted by Gasteiger charge is 2.25. The number of nitrogens with one attached hydrogen (secondary N) is 2. The van der Waals surface area contributed by atoms with Gasteiger partial charge < -0.3 is 20.3 Å². The van der Waals surface area contributed by atoms with E-state index >= 15 is 0 Å². The second-order valence-corrected chi connectivity index (χ2v) is 7.84. The number of hydrogen-bond acceptors (Lipinski definition) is 5. The van der Waals surface area contributed by atoms with Gasteiger partial charge in [0.2, 0.25) is 5.91 Å². The number of ether oxygens (including phenoxy) is 1. The van der Waals surface area contributed by atoms with Crippen LogP contribution < -0.4 is 20.3 Å². The van der Waals surface area contributed by atoms with E-state index in [1.165, 1.54) is 6.92 Å². The molecule has 30 heavy (non-hydrogen) atoms. The maximum atomic E-state index is 12.6. The van der Waals surface area contributed by atoms with Crippen molar-refractivity contribution in [1.29, 1.82) is 0 Å². The molecule has 1 aliphatic heterocycles. The van der Waals surface area contributed by atoms with E-state index in [1.807, 2.05) is 14.1 Å². The molecular weight excluding hydrogens is 380 g/mol. The summed E-state index contributed by atoms with van der Waals surface area (Å²) in [6, 6.07) is 13.3. The number of benzene rings is 2. The van der Waals surface area contributed by atoms with E-state index in [-0.39, 0.29) is 17.9 Å². The summed E-state index contributed by atoms with van der Waals surface area (Å²) in [5.41, 5.74) is 3.51. The maximum absolute atomic E-state index is 12.6. The van der Waals surface area contributed by atoms with Crippen LogP contribution in [0.3, 0.4) is 0 Å². The number of carbonyl (C=O) groups excluding carboxylic acids is 2. The molecule has 7 heteroatoms. The molecule has 2 aromatic carbocycles. The normalized spacial score (nSPS) is 16.2. The monoisotopic (exact) mass is 410 g/mol. The Bertz CT molecular complexity index is 896. The second kappa shape index (κ2) is 9.63. The Morgan fingerprint density at radius 3 is 2.53 bits per heavy atom. The number of hydrogen-bond donors (Lipinski definition) is 2. The Morgan fingerprint density at radius 1 is 1.17 bits per heavy atom. The van der Waals surface area contributed by atoms with Crippen LogP contribution in [0.15, 0.2) is 42.5 Å². The molecule has 1 atom stereocenters. The summed E-state index contributed by atoms with van der Waals surface area (Å²) in [6.45, 7) is 3.96. The fraction of sp³-hybridized carbons (Fsp3) is 0.391. The summed E-state index contributed by atoms with van der Waals surface area (Å²) in [4.78, 5) is 28.0. The van der Waals surface area contributed by atoms with E-state index in [9.17, 15) is 9.59 Å². The third-order valence-corrected chi connectivity index (χ3v) is 5.26. The molecule has 0 radical (unpaired) electrons. The Balaban J connectivity index is 1.55. The molecule has 2 amide bonds. The topological polar surface area (TPSA) is 73.9 Å². The first-order valence-electron chi connectivity index (χ1n) is 10.1. The molecule has 2 N–H and O–H groups in total. The highest BCUT2D eigenvalue weighted by Crippen LogP contribution is 2.27. The molecule has 160 valence electrons. The molecule has 7 nitrogen and oxygen atoms in total. The lowest BCUT2D eigenvalue weighted by Crippen LogP contribution is -2.37. The zero-order valence-corrected chi connectivity index (χ0v) is 18.1. The number of anilines is 2. The van der Waals surface area contributed by atoms with Crippen LogP contribution >= 0.6 is 0 Å². The number of nitrogens with zero attached hydrogens (tertiary/aromatic N) is 2. The predicted molar refractivity (Wildman–Crippen MR) is 119 cm³/mol. The average molecular weight is 411 g/mol. The number of amides is 2. The van der Waals surface area contributed by atoms with Crippen molar-refractivity contribution in [3.05, 3.63) is 53.6 Å². The van der Waals surface area contributed by atoms with E-state index < -0.39 is 0 Å². The lowest BCUT2D eigenvalue weighted by Gasteiger charge is -2.20. The Hall–Kier alpha value is -3.06. The van der Waals surface area contributed by atoms with E-state index in [4.69, 9.17) is 4.74 Å². The van der Waals surface area contributed by atoms with Crippen molar-refractivity contribution in [1.82, 2.24) is 10.2 Å². The highest BCUT2D eigenvalue weighted by molar-refractivity contribution is 5.95. The van der Waals surface area contributed by atoms with Gasteiger partial charge in [0.25, 0.3) is 5.91 Å². The summed E-state index contributed by atoms with van der Waals surface area (Å²) in [5.74, 6) is 0.656. The molecular formula is C23H30N4O3. The molecule has 1 aliphatic rings. The largest absolute Gasteiger partial charge is 0.496 e. The van der Waals surface area contributed by atoms with E-state index in [0.717, 1.165) is 43.1 Å². The number of methoxy groups -OCH3 is 1. The van der Waals surface area contributed by atoms with Crippen LogP contribution in [0.2, 0.25) is 0 Å². The summed E-state index contributed by atoms with van der Waals surface area (Å²) >= 11 is 0. The highest BCUT2D eigenvalue weighted by atomic mass is 16.5. The molecule has 0 bridgehead atoms. The molecule has 3 rings (SSSR count). The van der Waals surface area contributed by atoms with Gasteiger partial charge >= 0.3 is 0 Å². The second-order valence-electron chi connectivity index (χ2n) is 7.84. The van der Waals surface area contributed by atoms with E-state index in [0.29, 0.717) is 11.3 Å². The fourth-order valence-electron chi connectivity index (χ4n) is 3.65. The molecule has 0 spiro atoms. The predicted octanol–water partition coefficient (Wildman–Crippen LogP) is 2.72. The van der Waals surface area contributed by atoms with Crippen LogP contribution in [0.4, 0.5) is 11.4 Å². The lowest BCUT2D eigenvalue weighted by atomic mass is 10.1. The Kier molecular flexibility index (Phi) is 6.95. The van der Waals surface area contributed by atoms with Gasteiger partial charge in [0, 0.05) is 75.3 Å². The summed E-state index contributed by atoms with van der Waals surface area (Å²) in [6.07, 6.45) is 0.911. The van der Waals surface area contributed by atoms with E-state index in [2.05, 4.69) is 38.6 Å². The first-order valence-corrected chi connectivity index (χ1v) is 10.1. The summed E-state index contributed by atoms with van der Waals surface area (Å²) in [5, 5.41) is 5.82. The quantitative estimate of drug-likeness (QED) is 0.734. The Labute approximate surface area is 178 Å². The Morgan fingerprint density at radius 2 is 1.90 bits per heavy atom. The van der Waals surface area contributed by atoms with Gasteiger partial charge in [0.15, 0.2) is 0 Å². The van der Waals surface area contributed by atoms with Gasteiger partial charge in [-0.25, -0.2) is 0 Å². The third kappa shape index (κ3) is 5.51. The van der Waals surface area contributed by atoms with Crippen LogP contribution in [-0.2, 0) is 11.3 Å². The summed E-state index contributed by atoms with van der Waals surface area (Å²) in [7, 11) is 5.72. The molecule has 2 aromatic rings. The van der Waals surface area contributed by atoms with E-state index in [1.54, 1.807) is 31.4 Å². The SMILES string of the molecule is COc1cc(N(C)C)ccc1CN1CCC(NC(=O)c2ccc(NC(C)=O)cc2)C1. The fourth-order valence-corrected chi connectivity index (χ4v) is 3.65. The average Bonchev–Trinajstić information content (AvgIpc) is 3.15. The minimum atomic E-state index is -0.133. The third-order valence-electron chi connectivity index (χ3n) is 5.26. The minimum Gasteiger partial charge on any atom is -0.496 e. The zero-order chi connectivity index (χ0) is 21.7. The van der Waals surface area contributed by atoms with Crippen molar-refractivity contribution in [2.45, 2.75) is 25.9 Å². The standard InChI is InChI=1S/C23H30N4O3/c1-16(28)24-19-8-5-17(6-9-19)23(29)25-20-11-12-27(15-20)14-18-7-10-21(26(2)3)13-22(18)30-4/h5-10,13,20H,11-12,14-15H2,1-4H3,(H,24,28)(H,25,29). The van der Waals surface area contributed by atoms with Crippen molar-refractivity contribution in [3.8, 4) is 5.75 Å². The number of carbonyl (C=O) groups is 2. The van der Waals surface area contributed by atoms with Crippen molar-refractivity contribution in [3.63, 3.8) is 0 Å². The molecule has 1 saturated heterocycles. The first-order chi connectivity index (χ1) is 14.4. The van der Waals surface area contributed by atoms with Gasteiger partial charge in [-0.3, -0.25) is 14.5 Å². The maximum Gasteiger partial charge on any atom is 0.251 e. The number of rotatable bonds is 7. The molecule has 1 unspecified atom stereocenters. The molecule has 0 aromatic heterocycles. The lowest BCUT2D eigenvalue weighted by molar-refractivity contribution is -0.114. The van der Waals surface area contributed by atoms with Gasteiger partial charge in [-0.2, -0.15) is 0 Å². The van der Waals surface area contributed by atoms with Crippen LogP contribution in [0, 0.1) is 0 Å². The molecule has 0 aliphatic carbocycles. The van der Waals surface area contributed by atoms with Gasteiger partial charge in [0.05, 0.1) is 7.11 Å². The van der Waals surface area contributed by atoms with Crippen molar-refractivity contribution >= 4 is 23.2 Å². The van der Waals surface area contributed by atoms with Crippen LogP contribution in [0.1, 0.15) is 29.3 Å².